The zero-order valence-electron chi connectivity index (χ0n) is 13.9. The van der Waals surface area contributed by atoms with Crippen LogP contribution in [0.2, 0.25) is 0 Å². The lowest BCUT2D eigenvalue weighted by Crippen LogP contribution is -2.40. The molecule has 0 radical (unpaired) electrons. The summed E-state index contributed by atoms with van der Waals surface area (Å²) in [7, 11) is 0. The van der Waals surface area contributed by atoms with E-state index in [0.29, 0.717) is 19.4 Å². The molecule has 126 valence electrons. The molecule has 0 fully saturated rings. The number of carbonyl (C=O) groups excluding carboxylic acids is 1. The van der Waals surface area contributed by atoms with Crippen molar-refractivity contribution in [2.75, 3.05) is 0 Å². The largest absolute Gasteiger partial charge is 0.353 e. The second kappa shape index (κ2) is 7.38. The molecule has 24 heavy (non-hydrogen) atoms. The van der Waals surface area contributed by atoms with E-state index in [2.05, 4.69) is 15.3 Å². The number of amides is 1. The van der Waals surface area contributed by atoms with E-state index in [-0.39, 0.29) is 17.5 Å². The minimum absolute atomic E-state index is 0.0520. The van der Waals surface area contributed by atoms with Crippen molar-refractivity contribution in [1.82, 2.24) is 19.9 Å². The highest BCUT2D eigenvalue weighted by Gasteiger charge is 2.22. The molecule has 0 saturated heterocycles. The van der Waals surface area contributed by atoms with Gasteiger partial charge in [-0.3, -0.25) is 9.59 Å². The highest BCUT2D eigenvalue weighted by atomic mass is 16.1. The predicted octanol–water partition coefficient (Wildman–Crippen LogP) is 1.26. The third kappa shape index (κ3) is 3.69. The average molecular weight is 326 g/mol. The molecule has 3 rings (SSSR count). The maximum absolute atomic E-state index is 12.2. The Balaban J connectivity index is 1.58. The molecule has 2 aromatic rings. The summed E-state index contributed by atoms with van der Waals surface area (Å²) < 4.78 is 1.84. The second-order valence-corrected chi connectivity index (χ2v) is 6.14. The van der Waals surface area contributed by atoms with Gasteiger partial charge in [-0.2, -0.15) is 0 Å². The highest BCUT2D eigenvalue weighted by molar-refractivity contribution is 5.76. The van der Waals surface area contributed by atoms with Gasteiger partial charge in [-0.1, -0.05) is 6.07 Å². The van der Waals surface area contributed by atoms with Gasteiger partial charge in [0.25, 0.3) is 5.56 Å². The summed E-state index contributed by atoms with van der Waals surface area (Å²) in [5.41, 5.74) is 3.32. The number of carbonyl (C=O) groups is 1. The van der Waals surface area contributed by atoms with E-state index >= 15 is 0 Å². The molecule has 0 bridgehead atoms. The third-order valence-electron chi connectivity index (χ3n) is 4.52. The minimum Gasteiger partial charge on any atom is -0.353 e. The third-order valence-corrected chi connectivity index (χ3v) is 4.52. The van der Waals surface area contributed by atoms with E-state index in [1.807, 2.05) is 17.6 Å². The molecule has 0 aromatic carbocycles. The second-order valence-electron chi connectivity index (χ2n) is 6.14. The molecule has 1 N–H and O–H groups in total. The van der Waals surface area contributed by atoms with E-state index in [1.165, 1.54) is 11.9 Å². The van der Waals surface area contributed by atoms with Crippen LogP contribution in [0.15, 0.2) is 35.6 Å². The number of aryl methyl sites for hydroxylation is 1. The topological polar surface area (TPSA) is 76.9 Å². The summed E-state index contributed by atoms with van der Waals surface area (Å²) in [6.07, 6.45) is 8.53. The molecule has 1 aliphatic carbocycles. The van der Waals surface area contributed by atoms with Crippen LogP contribution in [0.25, 0.3) is 0 Å². The molecule has 2 heterocycles. The van der Waals surface area contributed by atoms with Crippen LogP contribution in [0, 0.1) is 0 Å². The van der Waals surface area contributed by atoms with Crippen LogP contribution in [0.4, 0.5) is 0 Å². The van der Waals surface area contributed by atoms with Crippen molar-refractivity contribution in [3.05, 3.63) is 58.0 Å². The molecule has 6 heteroatoms. The smallest absolute Gasteiger partial charge is 0.250 e. The van der Waals surface area contributed by atoms with Crippen LogP contribution in [0.5, 0.6) is 0 Å². The van der Waals surface area contributed by atoms with Crippen molar-refractivity contribution in [2.45, 2.75) is 51.6 Å². The Kier molecular flexibility index (Phi) is 5.03. The first-order valence-electron chi connectivity index (χ1n) is 8.42. The molecular weight excluding hydrogens is 304 g/mol. The van der Waals surface area contributed by atoms with Crippen LogP contribution in [-0.2, 0) is 30.6 Å². The molecule has 1 amide bonds. The summed E-state index contributed by atoms with van der Waals surface area (Å²) in [4.78, 5) is 32.0. The Morgan fingerprint density at radius 3 is 2.88 bits per heavy atom. The lowest BCUT2D eigenvalue weighted by molar-refractivity contribution is -0.121. The summed E-state index contributed by atoms with van der Waals surface area (Å²) in [6, 6.07) is 3.67. The van der Waals surface area contributed by atoms with Gasteiger partial charge in [-0.15, -0.1) is 0 Å². The number of nitrogens with one attached hydrogen (secondary N) is 1. The molecule has 0 saturated carbocycles. The van der Waals surface area contributed by atoms with E-state index < -0.39 is 0 Å². The molecule has 0 spiro atoms. The normalized spacial score (nSPS) is 16.5. The average Bonchev–Trinajstić information content (AvgIpc) is 2.61. The van der Waals surface area contributed by atoms with Gasteiger partial charge in [0, 0.05) is 43.2 Å². The van der Waals surface area contributed by atoms with Gasteiger partial charge in [0.1, 0.15) is 6.33 Å². The molecule has 0 aliphatic heterocycles. The summed E-state index contributed by atoms with van der Waals surface area (Å²) in [5, 5.41) is 3.11. The number of rotatable bonds is 5. The maximum atomic E-state index is 12.2. The van der Waals surface area contributed by atoms with E-state index in [9.17, 15) is 9.59 Å². The lowest BCUT2D eigenvalue weighted by Gasteiger charge is -2.27. The number of aromatic nitrogens is 3. The quantitative estimate of drug-likeness (QED) is 0.897. The first-order valence-corrected chi connectivity index (χ1v) is 8.42. The molecule has 1 atom stereocenters. The summed E-state index contributed by atoms with van der Waals surface area (Å²) >= 11 is 0. The van der Waals surface area contributed by atoms with E-state index in [0.717, 1.165) is 30.5 Å². The first kappa shape index (κ1) is 16.4. The lowest BCUT2D eigenvalue weighted by atomic mass is 9.91. The van der Waals surface area contributed by atoms with Gasteiger partial charge >= 0.3 is 0 Å². The first-order chi connectivity index (χ1) is 11.7. The number of hydrogen-bond acceptors (Lipinski definition) is 4. The Hall–Kier alpha value is -2.50. The Morgan fingerprint density at radius 2 is 2.12 bits per heavy atom. The van der Waals surface area contributed by atoms with Gasteiger partial charge in [-0.05, 0) is 43.7 Å². The van der Waals surface area contributed by atoms with Crippen molar-refractivity contribution in [3.8, 4) is 0 Å². The number of hydrogen-bond donors (Lipinski definition) is 1. The van der Waals surface area contributed by atoms with Crippen LogP contribution < -0.4 is 10.9 Å². The van der Waals surface area contributed by atoms with Crippen molar-refractivity contribution in [1.29, 1.82) is 0 Å². The van der Waals surface area contributed by atoms with Crippen LogP contribution in [0.3, 0.4) is 0 Å². The predicted molar refractivity (Wildman–Crippen MR) is 90.7 cm³/mol. The summed E-state index contributed by atoms with van der Waals surface area (Å²) in [6.45, 7) is 2.68. The van der Waals surface area contributed by atoms with Gasteiger partial charge in [-0.25, -0.2) is 9.97 Å². The Labute approximate surface area is 141 Å². The molecule has 1 unspecified atom stereocenters. The fourth-order valence-electron chi connectivity index (χ4n) is 3.31. The fourth-order valence-corrected chi connectivity index (χ4v) is 3.31. The van der Waals surface area contributed by atoms with Crippen molar-refractivity contribution >= 4 is 5.91 Å². The van der Waals surface area contributed by atoms with Crippen LogP contribution >= 0.6 is 0 Å². The highest BCUT2D eigenvalue weighted by Crippen LogP contribution is 2.20. The SMILES string of the molecule is CCn1c2c(ccc1=O)CC(NC(=O)CCc1cncnc1)CC2. The van der Waals surface area contributed by atoms with E-state index in [4.69, 9.17) is 0 Å². The minimum atomic E-state index is 0.0520. The Morgan fingerprint density at radius 1 is 1.33 bits per heavy atom. The van der Waals surface area contributed by atoms with Crippen molar-refractivity contribution < 1.29 is 4.79 Å². The molecular formula is C18H22N4O2. The van der Waals surface area contributed by atoms with Crippen LogP contribution in [0.1, 0.15) is 36.6 Å². The van der Waals surface area contributed by atoms with Crippen molar-refractivity contribution in [3.63, 3.8) is 0 Å². The number of nitrogens with zero attached hydrogens (tertiary/aromatic N) is 3. The summed E-state index contributed by atoms with van der Waals surface area (Å²) in [5.74, 6) is 0.0520. The van der Waals surface area contributed by atoms with Gasteiger partial charge in [0.2, 0.25) is 5.91 Å². The monoisotopic (exact) mass is 326 g/mol. The van der Waals surface area contributed by atoms with Gasteiger partial charge < -0.3 is 9.88 Å². The fraction of sp³-hybridized carbons (Fsp3) is 0.444. The van der Waals surface area contributed by atoms with Crippen molar-refractivity contribution in [2.24, 2.45) is 0 Å². The number of fused-ring (bicyclic) bond motifs is 1. The number of pyridine rings is 1. The zero-order valence-corrected chi connectivity index (χ0v) is 13.9. The zero-order chi connectivity index (χ0) is 16.9. The van der Waals surface area contributed by atoms with Gasteiger partial charge in [0.15, 0.2) is 0 Å². The molecule has 1 aliphatic rings. The maximum Gasteiger partial charge on any atom is 0.250 e. The molecule has 2 aromatic heterocycles. The standard InChI is InChI=1S/C18H22N4O2/c1-2-22-16-6-5-15(9-14(16)4-8-18(22)24)21-17(23)7-3-13-10-19-12-20-11-13/h4,8,10-12,15H,2-3,5-7,9H2,1H3,(H,21,23). The van der Waals surface area contributed by atoms with Crippen LogP contribution in [-0.4, -0.2) is 26.5 Å². The van der Waals surface area contributed by atoms with Gasteiger partial charge in [0.05, 0.1) is 0 Å². The molecule has 6 nitrogen and oxygen atoms in total. The Bertz CT molecular complexity index is 770. The van der Waals surface area contributed by atoms with E-state index in [1.54, 1.807) is 18.5 Å².